The number of rotatable bonds is 4. The predicted octanol–water partition coefficient (Wildman–Crippen LogP) is 2.53. The highest BCUT2D eigenvalue weighted by Gasteiger charge is 2.12. The zero-order valence-corrected chi connectivity index (χ0v) is 10.6. The van der Waals surface area contributed by atoms with Gasteiger partial charge in [0.2, 0.25) is 0 Å². The molecule has 2 heterocycles. The van der Waals surface area contributed by atoms with Crippen molar-refractivity contribution in [1.29, 1.82) is 0 Å². The van der Waals surface area contributed by atoms with Crippen LogP contribution in [0.3, 0.4) is 0 Å². The molecule has 0 atom stereocenters. The standard InChI is InChI=1S/C12H14ClN3O/c1-3-16-11(12(13)9(2)14-16)7-15-5-4-10(6-15)8-17/h4-6,8H,3,7H2,1-2H3. The maximum absolute atomic E-state index is 10.6. The molecule has 0 saturated carbocycles. The largest absolute Gasteiger partial charge is 0.348 e. The number of halogens is 1. The van der Waals surface area contributed by atoms with E-state index in [-0.39, 0.29) is 0 Å². The van der Waals surface area contributed by atoms with Crippen LogP contribution in [0.2, 0.25) is 5.02 Å². The van der Waals surface area contributed by atoms with Gasteiger partial charge in [-0.2, -0.15) is 5.10 Å². The number of carbonyl (C=O) groups is 1. The van der Waals surface area contributed by atoms with Crippen molar-refractivity contribution in [3.8, 4) is 0 Å². The lowest BCUT2D eigenvalue weighted by molar-refractivity contribution is 0.112. The Kier molecular flexibility index (Phi) is 3.33. The molecular weight excluding hydrogens is 238 g/mol. The maximum Gasteiger partial charge on any atom is 0.151 e. The zero-order chi connectivity index (χ0) is 12.4. The minimum absolute atomic E-state index is 0.626. The number of hydrogen-bond acceptors (Lipinski definition) is 2. The van der Waals surface area contributed by atoms with E-state index in [4.69, 9.17) is 11.6 Å². The first-order valence-corrected chi connectivity index (χ1v) is 5.86. The van der Waals surface area contributed by atoms with Crippen LogP contribution in [-0.2, 0) is 13.1 Å². The number of aromatic nitrogens is 3. The van der Waals surface area contributed by atoms with Gasteiger partial charge in [0, 0.05) is 24.5 Å². The number of carbonyl (C=O) groups excluding carboxylic acids is 1. The third kappa shape index (κ3) is 2.26. The summed E-state index contributed by atoms with van der Waals surface area (Å²) in [5.74, 6) is 0. The van der Waals surface area contributed by atoms with Crippen LogP contribution in [0.4, 0.5) is 0 Å². The average molecular weight is 252 g/mol. The summed E-state index contributed by atoms with van der Waals surface area (Å²) in [6.45, 7) is 5.33. The number of nitrogens with zero attached hydrogens (tertiary/aromatic N) is 3. The molecular formula is C12H14ClN3O. The molecule has 0 spiro atoms. The van der Waals surface area contributed by atoms with Gasteiger partial charge in [-0.3, -0.25) is 9.48 Å². The monoisotopic (exact) mass is 251 g/mol. The third-order valence-electron chi connectivity index (χ3n) is 2.69. The summed E-state index contributed by atoms with van der Waals surface area (Å²) >= 11 is 6.22. The molecule has 2 aromatic rings. The lowest BCUT2D eigenvalue weighted by atomic mass is 10.3. The fourth-order valence-corrected chi connectivity index (χ4v) is 2.02. The molecule has 0 N–H and O–H groups in total. The van der Waals surface area contributed by atoms with Crippen molar-refractivity contribution in [2.24, 2.45) is 0 Å². The van der Waals surface area contributed by atoms with Crippen LogP contribution in [0.1, 0.15) is 28.7 Å². The van der Waals surface area contributed by atoms with E-state index in [1.54, 1.807) is 12.3 Å². The Hall–Kier alpha value is -1.55. The summed E-state index contributed by atoms with van der Waals surface area (Å²) in [7, 11) is 0. The summed E-state index contributed by atoms with van der Waals surface area (Å²) in [6.07, 6.45) is 4.49. The van der Waals surface area contributed by atoms with Crippen molar-refractivity contribution in [2.45, 2.75) is 26.9 Å². The lowest BCUT2D eigenvalue weighted by Crippen LogP contribution is -2.07. The summed E-state index contributed by atoms with van der Waals surface area (Å²) in [5.41, 5.74) is 2.48. The highest BCUT2D eigenvalue weighted by molar-refractivity contribution is 6.31. The summed E-state index contributed by atoms with van der Waals surface area (Å²) < 4.78 is 3.82. The van der Waals surface area contributed by atoms with Crippen LogP contribution in [-0.4, -0.2) is 20.6 Å². The minimum Gasteiger partial charge on any atom is -0.348 e. The first-order valence-electron chi connectivity index (χ1n) is 5.48. The van der Waals surface area contributed by atoms with Crippen LogP contribution < -0.4 is 0 Å². The molecule has 2 rings (SSSR count). The number of aldehydes is 1. The summed E-state index contributed by atoms with van der Waals surface area (Å²) in [6, 6.07) is 1.78. The SMILES string of the molecule is CCn1nc(C)c(Cl)c1Cn1ccc(C=O)c1. The summed E-state index contributed by atoms with van der Waals surface area (Å²) in [5, 5.41) is 5.06. The Labute approximate surface area is 105 Å². The quantitative estimate of drug-likeness (QED) is 0.784. The van der Waals surface area contributed by atoms with Crippen molar-refractivity contribution in [3.05, 3.63) is 40.4 Å². The van der Waals surface area contributed by atoms with Gasteiger partial charge in [-0.15, -0.1) is 0 Å². The average Bonchev–Trinajstić information content (AvgIpc) is 2.89. The molecule has 0 fully saturated rings. The van der Waals surface area contributed by atoms with E-state index >= 15 is 0 Å². The third-order valence-corrected chi connectivity index (χ3v) is 3.19. The van der Waals surface area contributed by atoms with E-state index in [0.29, 0.717) is 17.1 Å². The first kappa shape index (κ1) is 11.9. The number of aryl methyl sites for hydroxylation is 2. The van der Waals surface area contributed by atoms with Gasteiger partial charge in [0.15, 0.2) is 6.29 Å². The molecule has 90 valence electrons. The van der Waals surface area contributed by atoms with Crippen molar-refractivity contribution >= 4 is 17.9 Å². The van der Waals surface area contributed by atoms with Gasteiger partial charge >= 0.3 is 0 Å². The fraction of sp³-hybridized carbons (Fsp3) is 0.333. The Morgan fingerprint density at radius 1 is 1.53 bits per heavy atom. The Morgan fingerprint density at radius 2 is 2.29 bits per heavy atom. The molecule has 5 heteroatoms. The van der Waals surface area contributed by atoms with E-state index in [0.717, 1.165) is 24.2 Å². The van der Waals surface area contributed by atoms with Crippen molar-refractivity contribution < 1.29 is 4.79 Å². The zero-order valence-electron chi connectivity index (χ0n) is 9.85. The second kappa shape index (κ2) is 4.75. The van der Waals surface area contributed by atoms with Crippen molar-refractivity contribution in [2.75, 3.05) is 0 Å². The van der Waals surface area contributed by atoms with Gasteiger partial charge in [-0.05, 0) is 19.9 Å². The fourth-order valence-electron chi connectivity index (χ4n) is 1.82. The smallest absolute Gasteiger partial charge is 0.151 e. The molecule has 0 bridgehead atoms. The van der Waals surface area contributed by atoms with E-state index in [9.17, 15) is 4.79 Å². The Bertz CT molecular complexity index is 542. The van der Waals surface area contributed by atoms with Crippen LogP contribution >= 0.6 is 11.6 Å². The lowest BCUT2D eigenvalue weighted by Gasteiger charge is -2.06. The van der Waals surface area contributed by atoms with Gasteiger partial charge in [0.05, 0.1) is 23.0 Å². The Balaban J connectivity index is 2.31. The minimum atomic E-state index is 0.626. The molecule has 0 aliphatic carbocycles. The second-order valence-corrected chi connectivity index (χ2v) is 4.27. The van der Waals surface area contributed by atoms with E-state index in [1.165, 1.54) is 0 Å². The molecule has 0 aliphatic rings. The van der Waals surface area contributed by atoms with Crippen LogP contribution in [0.15, 0.2) is 18.5 Å². The molecule has 0 radical (unpaired) electrons. The topological polar surface area (TPSA) is 39.8 Å². The molecule has 17 heavy (non-hydrogen) atoms. The van der Waals surface area contributed by atoms with Gasteiger partial charge in [0.1, 0.15) is 0 Å². The highest BCUT2D eigenvalue weighted by atomic mass is 35.5. The van der Waals surface area contributed by atoms with E-state index in [2.05, 4.69) is 5.10 Å². The Morgan fingerprint density at radius 3 is 2.88 bits per heavy atom. The molecule has 0 aromatic carbocycles. The highest BCUT2D eigenvalue weighted by Crippen LogP contribution is 2.21. The first-order chi connectivity index (χ1) is 8.15. The van der Waals surface area contributed by atoms with Crippen LogP contribution in [0.5, 0.6) is 0 Å². The molecule has 0 aliphatic heterocycles. The molecule has 0 saturated heterocycles. The molecule has 2 aromatic heterocycles. The normalized spacial score (nSPS) is 10.8. The van der Waals surface area contributed by atoms with Gasteiger partial charge in [-0.25, -0.2) is 0 Å². The van der Waals surface area contributed by atoms with E-state index in [1.807, 2.05) is 29.3 Å². The van der Waals surface area contributed by atoms with Gasteiger partial charge in [0.25, 0.3) is 0 Å². The number of hydrogen-bond donors (Lipinski definition) is 0. The maximum atomic E-state index is 10.6. The van der Waals surface area contributed by atoms with E-state index < -0.39 is 0 Å². The van der Waals surface area contributed by atoms with Gasteiger partial charge in [-0.1, -0.05) is 11.6 Å². The second-order valence-electron chi connectivity index (χ2n) is 3.90. The van der Waals surface area contributed by atoms with Gasteiger partial charge < -0.3 is 4.57 Å². The molecule has 4 nitrogen and oxygen atoms in total. The molecule has 0 unspecified atom stereocenters. The van der Waals surface area contributed by atoms with Crippen molar-refractivity contribution in [1.82, 2.24) is 14.3 Å². The van der Waals surface area contributed by atoms with Crippen LogP contribution in [0, 0.1) is 6.92 Å². The predicted molar refractivity (Wildman–Crippen MR) is 66.6 cm³/mol. The van der Waals surface area contributed by atoms with Crippen molar-refractivity contribution in [3.63, 3.8) is 0 Å². The van der Waals surface area contributed by atoms with Crippen LogP contribution in [0.25, 0.3) is 0 Å². The summed E-state index contributed by atoms with van der Waals surface area (Å²) in [4.78, 5) is 10.6. The molecule has 0 amide bonds.